The van der Waals surface area contributed by atoms with Gasteiger partial charge in [0, 0.05) is 30.9 Å². The second-order valence-electron chi connectivity index (χ2n) is 4.62. The molecule has 0 fully saturated rings. The summed E-state index contributed by atoms with van der Waals surface area (Å²) >= 11 is 1.54. The maximum Gasteiger partial charge on any atom is 0.273 e. The van der Waals surface area contributed by atoms with E-state index in [0.717, 1.165) is 16.1 Å². The molecule has 21 heavy (non-hydrogen) atoms. The molecule has 1 N–H and O–H groups in total. The highest BCUT2D eigenvalue weighted by atomic mass is 32.1. The Hall–Kier alpha value is -2.41. The van der Waals surface area contributed by atoms with Crippen LogP contribution in [-0.4, -0.2) is 20.8 Å². The number of rotatable bonds is 4. The summed E-state index contributed by atoms with van der Waals surface area (Å²) in [5.74, 6) is 0.345. The zero-order valence-corrected chi connectivity index (χ0v) is 12.5. The highest BCUT2D eigenvalue weighted by Crippen LogP contribution is 2.25. The predicted octanol–water partition coefficient (Wildman–Crippen LogP) is 2.38. The molecule has 0 radical (unpaired) electrons. The molecule has 0 aliphatic heterocycles. The second kappa shape index (κ2) is 5.53. The molecule has 1 amide bonds. The first-order valence-corrected chi connectivity index (χ1v) is 7.29. The summed E-state index contributed by atoms with van der Waals surface area (Å²) in [5, 5.41) is 12.7. The molecule has 7 heteroatoms. The molecule has 0 bridgehead atoms. The average molecular weight is 302 g/mol. The van der Waals surface area contributed by atoms with E-state index in [2.05, 4.69) is 15.6 Å². The number of nitrogens with zero attached hydrogens (tertiary/aromatic N) is 3. The van der Waals surface area contributed by atoms with Crippen LogP contribution in [0.1, 0.15) is 21.7 Å². The molecule has 0 aromatic carbocycles. The number of aromatic nitrogens is 3. The van der Waals surface area contributed by atoms with Crippen LogP contribution in [0.3, 0.4) is 0 Å². The molecule has 0 spiro atoms. The number of carbonyl (C=O) groups is 1. The van der Waals surface area contributed by atoms with Gasteiger partial charge in [0.05, 0.1) is 11.1 Å². The van der Waals surface area contributed by atoms with Crippen molar-refractivity contribution in [1.29, 1.82) is 0 Å². The van der Waals surface area contributed by atoms with Crippen molar-refractivity contribution in [3.05, 3.63) is 46.7 Å². The lowest BCUT2D eigenvalue weighted by molar-refractivity contribution is 0.0942. The van der Waals surface area contributed by atoms with Crippen LogP contribution in [0.5, 0.6) is 0 Å². The Bertz CT molecular complexity index is 758. The Morgan fingerprint density at radius 1 is 1.52 bits per heavy atom. The molecule has 0 unspecified atom stereocenters. The number of amides is 1. The highest BCUT2D eigenvalue weighted by Gasteiger charge is 2.14. The first-order chi connectivity index (χ1) is 10.1. The van der Waals surface area contributed by atoms with E-state index in [9.17, 15) is 4.79 Å². The fourth-order valence-electron chi connectivity index (χ4n) is 1.90. The summed E-state index contributed by atoms with van der Waals surface area (Å²) in [6.45, 7) is 2.37. The van der Waals surface area contributed by atoms with E-state index in [1.54, 1.807) is 16.9 Å². The van der Waals surface area contributed by atoms with Crippen LogP contribution in [0.4, 0.5) is 0 Å². The Balaban J connectivity index is 1.67. The Kier molecular flexibility index (Phi) is 3.57. The Labute approximate surface area is 125 Å². The van der Waals surface area contributed by atoms with Crippen LogP contribution in [0, 0.1) is 6.92 Å². The summed E-state index contributed by atoms with van der Waals surface area (Å²) in [4.78, 5) is 13.0. The van der Waals surface area contributed by atoms with E-state index in [1.165, 1.54) is 11.3 Å². The van der Waals surface area contributed by atoms with Gasteiger partial charge in [-0.25, -0.2) is 0 Å². The molecule has 3 rings (SSSR count). The van der Waals surface area contributed by atoms with Crippen molar-refractivity contribution in [2.45, 2.75) is 13.5 Å². The molecule has 0 aliphatic carbocycles. The van der Waals surface area contributed by atoms with E-state index in [-0.39, 0.29) is 11.6 Å². The maximum absolute atomic E-state index is 12.1. The molecule has 3 aromatic heterocycles. The third-order valence-electron chi connectivity index (χ3n) is 3.28. The normalized spacial score (nSPS) is 10.8. The third kappa shape index (κ3) is 2.73. The van der Waals surface area contributed by atoms with E-state index < -0.39 is 0 Å². The average Bonchev–Trinajstić information content (AvgIpc) is 3.19. The molecule has 0 aliphatic rings. The summed E-state index contributed by atoms with van der Waals surface area (Å²) in [6.07, 6.45) is 1.75. The fraction of sp³-hybridized carbons (Fsp3) is 0.214. The quantitative estimate of drug-likeness (QED) is 0.803. The van der Waals surface area contributed by atoms with Crippen LogP contribution in [0.2, 0.25) is 0 Å². The number of thiophene rings is 1. The van der Waals surface area contributed by atoms with Crippen LogP contribution >= 0.6 is 11.3 Å². The molecule has 6 nitrogen and oxygen atoms in total. The standard InChI is InChI=1S/C14H14N4O2S/c1-9-10(8-16-18(9)2)7-15-14(19)11-6-12(20-17-11)13-4-3-5-21-13/h3-6,8H,7H2,1-2H3,(H,15,19). The SMILES string of the molecule is Cc1c(CNC(=O)c2cc(-c3cccs3)on2)cnn1C. The lowest BCUT2D eigenvalue weighted by atomic mass is 10.2. The van der Waals surface area contributed by atoms with E-state index in [1.807, 2.05) is 31.5 Å². The zero-order valence-electron chi connectivity index (χ0n) is 11.7. The summed E-state index contributed by atoms with van der Waals surface area (Å²) < 4.78 is 6.96. The number of hydrogen-bond donors (Lipinski definition) is 1. The van der Waals surface area contributed by atoms with Gasteiger partial charge >= 0.3 is 0 Å². The van der Waals surface area contributed by atoms with E-state index in [4.69, 9.17) is 4.52 Å². The highest BCUT2D eigenvalue weighted by molar-refractivity contribution is 7.13. The maximum atomic E-state index is 12.1. The smallest absolute Gasteiger partial charge is 0.273 e. The fourth-order valence-corrected chi connectivity index (χ4v) is 2.57. The van der Waals surface area contributed by atoms with Gasteiger partial charge in [-0.3, -0.25) is 9.48 Å². The van der Waals surface area contributed by atoms with Gasteiger partial charge < -0.3 is 9.84 Å². The topological polar surface area (TPSA) is 73.0 Å². The molecule has 108 valence electrons. The first-order valence-electron chi connectivity index (χ1n) is 6.41. The minimum atomic E-state index is -0.259. The first kappa shape index (κ1) is 13.6. The molecule has 3 aromatic rings. The number of aryl methyl sites for hydroxylation is 1. The monoisotopic (exact) mass is 302 g/mol. The largest absolute Gasteiger partial charge is 0.355 e. The van der Waals surface area contributed by atoms with Gasteiger partial charge in [-0.1, -0.05) is 11.2 Å². The second-order valence-corrected chi connectivity index (χ2v) is 5.56. The van der Waals surface area contributed by atoms with Crippen LogP contribution in [-0.2, 0) is 13.6 Å². The van der Waals surface area contributed by atoms with Crippen molar-refractivity contribution in [2.75, 3.05) is 0 Å². The molecule has 3 heterocycles. The van der Waals surface area contributed by atoms with Crippen molar-refractivity contribution >= 4 is 17.2 Å². The third-order valence-corrected chi connectivity index (χ3v) is 4.17. The van der Waals surface area contributed by atoms with Crippen molar-refractivity contribution in [1.82, 2.24) is 20.3 Å². The van der Waals surface area contributed by atoms with Gasteiger partial charge in [0.1, 0.15) is 0 Å². The van der Waals surface area contributed by atoms with Gasteiger partial charge in [-0.2, -0.15) is 5.10 Å². The number of hydrogen-bond acceptors (Lipinski definition) is 5. The van der Waals surface area contributed by atoms with Crippen molar-refractivity contribution < 1.29 is 9.32 Å². The lowest BCUT2D eigenvalue weighted by Gasteiger charge is -2.02. The summed E-state index contributed by atoms with van der Waals surface area (Å²) in [6, 6.07) is 5.50. The lowest BCUT2D eigenvalue weighted by Crippen LogP contribution is -2.23. The number of carbonyl (C=O) groups excluding carboxylic acids is 1. The predicted molar refractivity (Wildman–Crippen MR) is 78.9 cm³/mol. The molecule has 0 saturated heterocycles. The van der Waals surface area contributed by atoms with Crippen molar-refractivity contribution in [2.24, 2.45) is 7.05 Å². The van der Waals surface area contributed by atoms with Crippen molar-refractivity contribution in [3.63, 3.8) is 0 Å². The van der Waals surface area contributed by atoms with Gasteiger partial charge in [0.15, 0.2) is 11.5 Å². The van der Waals surface area contributed by atoms with Gasteiger partial charge in [0.25, 0.3) is 5.91 Å². The summed E-state index contributed by atoms with van der Waals surface area (Å²) in [5.41, 5.74) is 2.28. The minimum Gasteiger partial charge on any atom is -0.355 e. The molecule has 0 atom stereocenters. The van der Waals surface area contributed by atoms with Gasteiger partial charge in [0.2, 0.25) is 0 Å². The Morgan fingerprint density at radius 2 is 2.38 bits per heavy atom. The minimum absolute atomic E-state index is 0.259. The van der Waals surface area contributed by atoms with E-state index in [0.29, 0.717) is 12.3 Å². The molecular weight excluding hydrogens is 288 g/mol. The van der Waals surface area contributed by atoms with Gasteiger partial charge in [-0.05, 0) is 18.4 Å². The van der Waals surface area contributed by atoms with Gasteiger partial charge in [-0.15, -0.1) is 11.3 Å². The van der Waals surface area contributed by atoms with Crippen molar-refractivity contribution in [3.8, 4) is 10.6 Å². The molecular formula is C14H14N4O2S. The zero-order chi connectivity index (χ0) is 14.8. The Morgan fingerprint density at radius 3 is 3.05 bits per heavy atom. The van der Waals surface area contributed by atoms with Crippen LogP contribution < -0.4 is 5.32 Å². The molecule has 0 saturated carbocycles. The van der Waals surface area contributed by atoms with Crippen LogP contribution in [0.15, 0.2) is 34.3 Å². The van der Waals surface area contributed by atoms with Crippen LogP contribution in [0.25, 0.3) is 10.6 Å². The van der Waals surface area contributed by atoms with E-state index >= 15 is 0 Å². The summed E-state index contributed by atoms with van der Waals surface area (Å²) in [7, 11) is 1.87. The number of nitrogens with one attached hydrogen (secondary N) is 1.